The van der Waals surface area contributed by atoms with Crippen LogP contribution in [0.15, 0.2) is 18.2 Å². The number of hydrogen-bond donors (Lipinski definition) is 2. The van der Waals surface area contributed by atoms with Crippen molar-refractivity contribution in [2.45, 2.75) is 51.5 Å². The smallest absolute Gasteiger partial charge is 0.249 e. The molecule has 0 bridgehead atoms. The van der Waals surface area contributed by atoms with E-state index in [4.69, 9.17) is 5.73 Å². The Bertz CT molecular complexity index is 421. The predicted molar refractivity (Wildman–Crippen MR) is 74.8 cm³/mol. The first kappa shape index (κ1) is 12.9. The quantitative estimate of drug-likeness (QED) is 0.804. The highest BCUT2D eigenvalue weighted by Crippen LogP contribution is 2.24. The van der Waals surface area contributed by atoms with Crippen molar-refractivity contribution in [2.24, 2.45) is 5.73 Å². The van der Waals surface area contributed by atoms with E-state index in [-0.39, 0.29) is 5.91 Å². The number of carbonyl (C=O) groups excluding carboxylic acids is 1. The van der Waals surface area contributed by atoms with Crippen LogP contribution in [0.2, 0.25) is 0 Å². The SMILES string of the molecule is Cc1c(NC2CCCCCC2)cccc1C(N)=O. The van der Waals surface area contributed by atoms with Crippen molar-refractivity contribution in [3.05, 3.63) is 29.3 Å². The van der Waals surface area contributed by atoms with Gasteiger partial charge in [-0.05, 0) is 37.5 Å². The van der Waals surface area contributed by atoms with E-state index in [1.807, 2.05) is 19.1 Å². The maximum absolute atomic E-state index is 11.3. The molecule has 0 aliphatic heterocycles. The Morgan fingerprint density at radius 2 is 1.89 bits per heavy atom. The topological polar surface area (TPSA) is 55.1 Å². The molecule has 3 heteroatoms. The number of benzene rings is 1. The number of hydrogen-bond acceptors (Lipinski definition) is 2. The van der Waals surface area contributed by atoms with Gasteiger partial charge in [-0.15, -0.1) is 0 Å². The summed E-state index contributed by atoms with van der Waals surface area (Å²) in [7, 11) is 0. The van der Waals surface area contributed by atoms with Crippen LogP contribution in [0.25, 0.3) is 0 Å². The minimum absolute atomic E-state index is 0.350. The molecule has 0 saturated heterocycles. The van der Waals surface area contributed by atoms with E-state index < -0.39 is 0 Å². The minimum atomic E-state index is -0.350. The predicted octanol–water partition coefficient (Wildman–Crippen LogP) is 3.23. The second-order valence-corrected chi connectivity index (χ2v) is 5.18. The lowest BCUT2D eigenvalue weighted by atomic mass is 10.0. The third-order valence-electron chi connectivity index (χ3n) is 3.81. The zero-order chi connectivity index (χ0) is 13.0. The average molecular weight is 246 g/mol. The first-order valence-electron chi connectivity index (χ1n) is 6.84. The van der Waals surface area contributed by atoms with Gasteiger partial charge in [0, 0.05) is 17.3 Å². The number of amides is 1. The van der Waals surface area contributed by atoms with Gasteiger partial charge in [-0.2, -0.15) is 0 Å². The summed E-state index contributed by atoms with van der Waals surface area (Å²) < 4.78 is 0. The van der Waals surface area contributed by atoms with E-state index in [0.717, 1.165) is 11.3 Å². The molecule has 0 spiro atoms. The summed E-state index contributed by atoms with van der Waals surface area (Å²) >= 11 is 0. The highest BCUT2D eigenvalue weighted by atomic mass is 16.1. The molecule has 0 radical (unpaired) electrons. The van der Waals surface area contributed by atoms with Gasteiger partial charge in [-0.25, -0.2) is 0 Å². The van der Waals surface area contributed by atoms with Crippen molar-refractivity contribution >= 4 is 11.6 Å². The first-order valence-corrected chi connectivity index (χ1v) is 6.84. The van der Waals surface area contributed by atoms with Crippen LogP contribution in [-0.4, -0.2) is 11.9 Å². The Morgan fingerprint density at radius 3 is 2.50 bits per heavy atom. The van der Waals surface area contributed by atoms with Gasteiger partial charge in [0.25, 0.3) is 0 Å². The molecule has 0 atom stereocenters. The van der Waals surface area contributed by atoms with Crippen molar-refractivity contribution < 1.29 is 4.79 Å². The number of anilines is 1. The molecule has 1 aliphatic carbocycles. The summed E-state index contributed by atoms with van der Waals surface area (Å²) in [5.41, 5.74) is 8.01. The minimum Gasteiger partial charge on any atom is -0.382 e. The highest BCUT2D eigenvalue weighted by molar-refractivity contribution is 5.95. The van der Waals surface area contributed by atoms with Crippen molar-refractivity contribution in [2.75, 3.05) is 5.32 Å². The van der Waals surface area contributed by atoms with Crippen LogP contribution in [0, 0.1) is 6.92 Å². The van der Waals surface area contributed by atoms with Crippen LogP contribution >= 0.6 is 0 Å². The normalized spacial score (nSPS) is 17.2. The largest absolute Gasteiger partial charge is 0.382 e. The fraction of sp³-hybridized carbons (Fsp3) is 0.533. The van der Waals surface area contributed by atoms with Gasteiger partial charge in [-0.3, -0.25) is 4.79 Å². The molecule has 1 aromatic carbocycles. The van der Waals surface area contributed by atoms with Gasteiger partial charge in [-0.1, -0.05) is 31.7 Å². The van der Waals surface area contributed by atoms with Gasteiger partial charge < -0.3 is 11.1 Å². The summed E-state index contributed by atoms with van der Waals surface area (Å²) in [6.45, 7) is 1.96. The van der Waals surface area contributed by atoms with Gasteiger partial charge in [0.1, 0.15) is 0 Å². The summed E-state index contributed by atoms with van der Waals surface area (Å²) in [4.78, 5) is 11.3. The van der Waals surface area contributed by atoms with Crippen LogP contribution in [0.4, 0.5) is 5.69 Å². The molecule has 0 unspecified atom stereocenters. The van der Waals surface area contributed by atoms with E-state index in [2.05, 4.69) is 5.32 Å². The standard InChI is InChI=1S/C15H22N2O/c1-11-13(15(16)18)9-6-10-14(11)17-12-7-4-2-3-5-8-12/h6,9-10,12,17H,2-5,7-8H2,1H3,(H2,16,18). The van der Waals surface area contributed by atoms with Crippen LogP contribution in [0.5, 0.6) is 0 Å². The lowest BCUT2D eigenvalue weighted by Gasteiger charge is -2.20. The van der Waals surface area contributed by atoms with Gasteiger partial charge in [0.2, 0.25) is 5.91 Å². The van der Waals surface area contributed by atoms with E-state index in [1.165, 1.54) is 38.5 Å². The van der Waals surface area contributed by atoms with E-state index in [1.54, 1.807) is 6.07 Å². The summed E-state index contributed by atoms with van der Waals surface area (Å²) in [6.07, 6.45) is 7.73. The van der Waals surface area contributed by atoms with Crippen molar-refractivity contribution in [1.82, 2.24) is 0 Å². The molecule has 0 heterocycles. The summed E-state index contributed by atoms with van der Waals surface area (Å²) in [5, 5.41) is 3.58. The summed E-state index contributed by atoms with van der Waals surface area (Å²) in [5.74, 6) is -0.350. The molecular weight excluding hydrogens is 224 g/mol. The molecule has 1 amide bonds. The van der Waals surface area contributed by atoms with Crippen LogP contribution in [-0.2, 0) is 0 Å². The molecule has 0 aromatic heterocycles. The van der Waals surface area contributed by atoms with Crippen LogP contribution in [0.1, 0.15) is 54.4 Å². The Labute approximate surface area is 109 Å². The maximum atomic E-state index is 11.3. The average Bonchev–Trinajstić information content (AvgIpc) is 2.60. The second kappa shape index (κ2) is 5.89. The third-order valence-corrected chi connectivity index (χ3v) is 3.81. The Morgan fingerprint density at radius 1 is 1.22 bits per heavy atom. The number of carbonyl (C=O) groups is 1. The zero-order valence-corrected chi connectivity index (χ0v) is 11.0. The molecular formula is C15H22N2O. The highest BCUT2D eigenvalue weighted by Gasteiger charge is 2.14. The maximum Gasteiger partial charge on any atom is 0.249 e. The molecule has 2 rings (SSSR count). The molecule has 1 fully saturated rings. The molecule has 1 aliphatic rings. The van der Waals surface area contributed by atoms with Crippen LogP contribution in [0.3, 0.4) is 0 Å². The Balaban J connectivity index is 2.13. The molecule has 1 aromatic rings. The lowest BCUT2D eigenvalue weighted by Crippen LogP contribution is -2.20. The van der Waals surface area contributed by atoms with E-state index in [9.17, 15) is 4.79 Å². The molecule has 98 valence electrons. The van der Waals surface area contributed by atoms with Gasteiger partial charge >= 0.3 is 0 Å². The lowest BCUT2D eigenvalue weighted by molar-refractivity contribution is 0.1000. The molecule has 1 saturated carbocycles. The van der Waals surface area contributed by atoms with E-state index >= 15 is 0 Å². The second-order valence-electron chi connectivity index (χ2n) is 5.18. The van der Waals surface area contributed by atoms with Crippen molar-refractivity contribution in [1.29, 1.82) is 0 Å². The zero-order valence-electron chi connectivity index (χ0n) is 11.0. The van der Waals surface area contributed by atoms with Gasteiger partial charge in [0.05, 0.1) is 0 Å². The Kier molecular flexibility index (Phi) is 4.24. The summed E-state index contributed by atoms with van der Waals surface area (Å²) in [6, 6.07) is 6.25. The molecule has 18 heavy (non-hydrogen) atoms. The number of primary amides is 1. The number of rotatable bonds is 3. The molecule has 3 N–H and O–H groups in total. The number of nitrogens with one attached hydrogen (secondary N) is 1. The van der Waals surface area contributed by atoms with Crippen molar-refractivity contribution in [3.63, 3.8) is 0 Å². The third kappa shape index (κ3) is 3.03. The Hall–Kier alpha value is -1.51. The fourth-order valence-corrected chi connectivity index (χ4v) is 2.70. The monoisotopic (exact) mass is 246 g/mol. The first-order chi connectivity index (χ1) is 8.68. The van der Waals surface area contributed by atoms with E-state index in [0.29, 0.717) is 11.6 Å². The molecule has 3 nitrogen and oxygen atoms in total. The van der Waals surface area contributed by atoms with Gasteiger partial charge in [0.15, 0.2) is 0 Å². The number of nitrogens with two attached hydrogens (primary N) is 1. The fourth-order valence-electron chi connectivity index (χ4n) is 2.70. The van der Waals surface area contributed by atoms with Crippen molar-refractivity contribution in [3.8, 4) is 0 Å². The van der Waals surface area contributed by atoms with Crippen LogP contribution < -0.4 is 11.1 Å².